The number of fused-ring (bicyclic) bond motifs is 1. The minimum atomic E-state index is -0.397. The summed E-state index contributed by atoms with van der Waals surface area (Å²) in [6, 6.07) is 5.71. The summed E-state index contributed by atoms with van der Waals surface area (Å²) in [6.45, 7) is 2.26. The second-order valence-corrected chi connectivity index (χ2v) is 4.64. The Hall–Kier alpha value is -1.26. The van der Waals surface area contributed by atoms with E-state index in [4.69, 9.17) is 9.47 Å². The highest BCUT2D eigenvalue weighted by atomic mass is 16.7. The Labute approximate surface area is 101 Å². The van der Waals surface area contributed by atoms with Gasteiger partial charge in [-0.2, -0.15) is 0 Å². The Morgan fingerprint density at radius 3 is 2.76 bits per heavy atom. The van der Waals surface area contributed by atoms with Crippen molar-refractivity contribution in [1.82, 2.24) is 5.32 Å². The molecule has 1 fully saturated rings. The van der Waals surface area contributed by atoms with Crippen molar-refractivity contribution in [3.63, 3.8) is 0 Å². The highest BCUT2D eigenvalue weighted by molar-refractivity contribution is 5.45. The lowest BCUT2D eigenvalue weighted by atomic mass is 9.88. The second-order valence-electron chi connectivity index (χ2n) is 4.64. The van der Waals surface area contributed by atoms with Gasteiger partial charge in [0.15, 0.2) is 11.5 Å². The Kier molecular flexibility index (Phi) is 2.91. The van der Waals surface area contributed by atoms with Crippen LogP contribution in [0.4, 0.5) is 0 Å². The second kappa shape index (κ2) is 4.55. The van der Waals surface area contributed by atoms with Crippen LogP contribution in [-0.4, -0.2) is 25.0 Å². The SMILES string of the molecule is OC(c1ccc2c(c1)OCO2)C1CCNCC1. The molecule has 4 nitrogen and oxygen atoms in total. The third-order valence-electron chi connectivity index (χ3n) is 3.57. The molecule has 1 saturated heterocycles. The minimum absolute atomic E-state index is 0.280. The van der Waals surface area contributed by atoms with Gasteiger partial charge in [0.2, 0.25) is 6.79 Å². The maximum absolute atomic E-state index is 10.4. The molecule has 0 bridgehead atoms. The molecule has 2 heterocycles. The van der Waals surface area contributed by atoms with Crippen LogP contribution >= 0.6 is 0 Å². The zero-order valence-corrected chi connectivity index (χ0v) is 9.69. The number of hydrogen-bond donors (Lipinski definition) is 2. The lowest BCUT2D eigenvalue weighted by Crippen LogP contribution is -2.30. The predicted molar refractivity (Wildman–Crippen MR) is 63.1 cm³/mol. The van der Waals surface area contributed by atoms with Crippen LogP contribution < -0.4 is 14.8 Å². The fraction of sp³-hybridized carbons (Fsp3) is 0.538. The van der Waals surface area contributed by atoms with Crippen molar-refractivity contribution in [2.24, 2.45) is 5.92 Å². The van der Waals surface area contributed by atoms with Gasteiger partial charge in [0.1, 0.15) is 0 Å². The molecule has 1 aromatic carbocycles. The largest absolute Gasteiger partial charge is 0.454 e. The molecule has 2 N–H and O–H groups in total. The molecule has 2 aliphatic rings. The molecule has 0 aromatic heterocycles. The Morgan fingerprint density at radius 2 is 1.94 bits per heavy atom. The molecule has 3 rings (SSSR count). The lowest BCUT2D eigenvalue weighted by Gasteiger charge is -2.27. The van der Waals surface area contributed by atoms with Crippen molar-refractivity contribution in [3.05, 3.63) is 23.8 Å². The van der Waals surface area contributed by atoms with Crippen molar-refractivity contribution in [2.75, 3.05) is 19.9 Å². The average Bonchev–Trinajstić information content (AvgIpc) is 2.86. The first-order chi connectivity index (χ1) is 8.34. The lowest BCUT2D eigenvalue weighted by molar-refractivity contribution is 0.0887. The van der Waals surface area contributed by atoms with Crippen molar-refractivity contribution in [2.45, 2.75) is 18.9 Å². The van der Waals surface area contributed by atoms with E-state index in [2.05, 4.69) is 5.32 Å². The fourth-order valence-electron chi connectivity index (χ4n) is 2.53. The summed E-state index contributed by atoms with van der Waals surface area (Å²) >= 11 is 0. The zero-order chi connectivity index (χ0) is 11.7. The van der Waals surface area contributed by atoms with E-state index >= 15 is 0 Å². The van der Waals surface area contributed by atoms with Crippen LogP contribution in [0, 0.1) is 5.92 Å². The van der Waals surface area contributed by atoms with Gasteiger partial charge in [0, 0.05) is 0 Å². The summed E-state index contributed by atoms with van der Waals surface area (Å²) in [6.07, 6.45) is 1.65. The first-order valence-corrected chi connectivity index (χ1v) is 6.13. The smallest absolute Gasteiger partial charge is 0.231 e. The molecule has 92 valence electrons. The van der Waals surface area contributed by atoms with Gasteiger partial charge < -0.3 is 19.9 Å². The van der Waals surface area contributed by atoms with Crippen molar-refractivity contribution in [3.8, 4) is 11.5 Å². The van der Waals surface area contributed by atoms with Crippen molar-refractivity contribution < 1.29 is 14.6 Å². The number of ether oxygens (including phenoxy) is 2. The van der Waals surface area contributed by atoms with Gasteiger partial charge >= 0.3 is 0 Å². The van der Waals surface area contributed by atoms with E-state index in [0.29, 0.717) is 5.92 Å². The third-order valence-corrected chi connectivity index (χ3v) is 3.57. The molecule has 0 spiro atoms. The number of piperidine rings is 1. The zero-order valence-electron chi connectivity index (χ0n) is 9.69. The predicted octanol–water partition coefficient (Wildman–Crippen LogP) is 1.45. The summed E-state index contributed by atoms with van der Waals surface area (Å²) in [5.74, 6) is 1.86. The first-order valence-electron chi connectivity index (χ1n) is 6.13. The molecular weight excluding hydrogens is 218 g/mol. The van der Waals surface area contributed by atoms with Crippen LogP contribution in [0.2, 0.25) is 0 Å². The third kappa shape index (κ3) is 2.10. The normalized spacial score (nSPS) is 21.5. The van der Waals surface area contributed by atoms with Gasteiger partial charge in [0.25, 0.3) is 0 Å². The van der Waals surface area contributed by atoms with Crippen LogP contribution in [0.15, 0.2) is 18.2 Å². The molecule has 17 heavy (non-hydrogen) atoms. The van der Waals surface area contributed by atoms with Gasteiger partial charge in [-0.1, -0.05) is 6.07 Å². The maximum atomic E-state index is 10.4. The topological polar surface area (TPSA) is 50.7 Å². The standard InChI is InChI=1S/C13H17NO3/c15-13(9-3-5-14-6-4-9)10-1-2-11-12(7-10)17-8-16-11/h1-2,7,9,13-15H,3-6,8H2. The summed E-state index contributed by atoms with van der Waals surface area (Å²) in [4.78, 5) is 0. The van der Waals surface area contributed by atoms with E-state index in [9.17, 15) is 5.11 Å². The highest BCUT2D eigenvalue weighted by Gasteiger charge is 2.24. The van der Waals surface area contributed by atoms with Gasteiger partial charge in [-0.05, 0) is 49.5 Å². The maximum Gasteiger partial charge on any atom is 0.231 e. The van der Waals surface area contributed by atoms with Crippen LogP contribution in [-0.2, 0) is 0 Å². The number of aliphatic hydroxyl groups is 1. The number of hydrogen-bond acceptors (Lipinski definition) is 4. The summed E-state index contributed by atoms with van der Waals surface area (Å²) < 4.78 is 10.6. The van der Waals surface area contributed by atoms with E-state index < -0.39 is 6.10 Å². The minimum Gasteiger partial charge on any atom is -0.454 e. The van der Waals surface area contributed by atoms with E-state index in [1.807, 2.05) is 18.2 Å². The number of benzene rings is 1. The molecule has 1 unspecified atom stereocenters. The molecule has 0 amide bonds. The van der Waals surface area contributed by atoms with Crippen molar-refractivity contribution >= 4 is 0 Å². The first kappa shape index (κ1) is 10.9. The monoisotopic (exact) mass is 235 g/mol. The Bertz CT molecular complexity index is 402. The van der Waals surface area contributed by atoms with Crippen molar-refractivity contribution in [1.29, 1.82) is 0 Å². The van der Waals surface area contributed by atoms with Crippen LogP contribution in [0.1, 0.15) is 24.5 Å². The van der Waals surface area contributed by atoms with E-state index in [1.165, 1.54) is 0 Å². The molecule has 1 atom stereocenters. The van der Waals surface area contributed by atoms with E-state index in [0.717, 1.165) is 43.0 Å². The summed E-state index contributed by atoms with van der Waals surface area (Å²) in [5, 5.41) is 13.7. The summed E-state index contributed by atoms with van der Waals surface area (Å²) in [7, 11) is 0. The highest BCUT2D eigenvalue weighted by Crippen LogP contribution is 2.37. The Balaban J connectivity index is 1.78. The van der Waals surface area contributed by atoms with Crippen LogP contribution in [0.3, 0.4) is 0 Å². The molecule has 1 aromatic rings. The molecule has 0 aliphatic carbocycles. The molecule has 0 saturated carbocycles. The molecule has 0 radical (unpaired) electrons. The quantitative estimate of drug-likeness (QED) is 0.814. The molecule has 4 heteroatoms. The fourth-order valence-corrected chi connectivity index (χ4v) is 2.53. The summed E-state index contributed by atoms with van der Waals surface area (Å²) in [5.41, 5.74) is 0.932. The molecule has 2 aliphatic heterocycles. The van der Waals surface area contributed by atoms with Crippen LogP contribution in [0.5, 0.6) is 11.5 Å². The van der Waals surface area contributed by atoms with E-state index in [-0.39, 0.29) is 6.79 Å². The molecular formula is C13H17NO3. The van der Waals surface area contributed by atoms with Gasteiger partial charge in [-0.25, -0.2) is 0 Å². The Morgan fingerprint density at radius 1 is 1.18 bits per heavy atom. The van der Waals surface area contributed by atoms with Crippen LogP contribution in [0.25, 0.3) is 0 Å². The number of aliphatic hydroxyl groups excluding tert-OH is 1. The van der Waals surface area contributed by atoms with E-state index in [1.54, 1.807) is 0 Å². The van der Waals surface area contributed by atoms with Gasteiger partial charge in [-0.3, -0.25) is 0 Å². The number of rotatable bonds is 2. The number of nitrogens with one attached hydrogen (secondary N) is 1. The average molecular weight is 235 g/mol. The van der Waals surface area contributed by atoms with Gasteiger partial charge in [-0.15, -0.1) is 0 Å². The van der Waals surface area contributed by atoms with Gasteiger partial charge in [0.05, 0.1) is 6.10 Å².